The van der Waals surface area contributed by atoms with Gasteiger partial charge in [0.25, 0.3) is 0 Å². The molecule has 1 aromatic rings. The van der Waals surface area contributed by atoms with Crippen molar-refractivity contribution >= 4 is 12.0 Å². The van der Waals surface area contributed by atoms with Crippen LogP contribution in [0.3, 0.4) is 0 Å². The number of ether oxygens (including phenoxy) is 1. The number of methoxy groups -OCH3 is 1. The summed E-state index contributed by atoms with van der Waals surface area (Å²) in [5.74, 6) is 0.425. The predicted molar refractivity (Wildman–Crippen MR) is 94.7 cm³/mol. The van der Waals surface area contributed by atoms with E-state index in [9.17, 15) is 20.1 Å². The number of aromatic nitrogens is 2. The molecule has 1 rings (SSSR count). The first-order valence-electron chi connectivity index (χ1n) is 8.64. The van der Waals surface area contributed by atoms with Crippen molar-refractivity contribution in [2.45, 2.75) is 64.3 Å². The Kier molecular flexibility index (Phi) is 8.82. The largest absolute Gasteiger partial charge is 0.469 e. The molecule has 1 heterocycles. The summed E-state index contributed by atoms with van der Waals surface area (Å²) in [6.07, 6.45) is 2.80. The Morgan fingerprint density at radius 3 is 2.60 bits per heavy atom. The van der Waals surface area contributed by atoms with Gasteiger partial charge in [0.2, 0.25) is 0 Å². The predicted octanol–water partition coefficient (Wildman–Crippen LogP) is 1.64. The van der Waals surface area contributed by atoms with Crippen LogP contribution in [0.4, 0.5) is 0 Å². The van der Waals surface area contributed by atoms with Crippen molar-refractivity contribution < 1.29 is 24.9 Å². The molecule has 3 atom stereocenters. The van der Waals surface area contributed by atoms with Crippen LogP contribution < -0.4 is 0 Å². The van der Waals surface area contributed by atoms with Gasteiger partial charge in [0.15, 0.2) is 0 Å². The van der Waals surface area contributed by atoms with E-state index >= 15 is 0 Å². The molecule has 0 aliphatic rings. The second kappa shape index (κ2) is 10.3. The van der Waals surface area contributed by atoms with Crippen LogP contribution in [0.1, 0.15) is 62.3 Å². The van der Waals surface area contributed by atoms with E-state index in [-0.39, 0.29) is 18.8 Å². The number of imidazole rings is 1. The van der Waals surface area contributed by atoms with Crippen LogP contribution in [-0.4, -0.2) is 50.2 Å². The molecule has 7 heteroatoms. The van der Waals surface area contributed by atoms with Crippen molar-refractivity contribution in [1.82, 2.24) is 9.55 Å². The highest BCUT2D eigenvalue weighted by molar-refractivity contribution is 5.69. The van der Waals surface area contributed by atoms with Gasteiger partial charge in [0, 0.05) is 13.5 Å². The standard InChI is InChI=1S/C18H30N2O5/c1-5-7-16(23)18-13(19-12(2)20(18)3)10-11-15(22)14(21)8-6-9-17(24)25-4/h10-11,14-16,21-23H,5-9H2,1-4H3/b11-10+/t14?,15?,16-/m1/s1. The number of carbonyl (C=O) groups is 1. The van der Waals surface area contributed by atoms with E-state index in [1.165, 1.54) is 13.2 Å². The molecule has 0 saturated carbocycles. The number of aliphatic hydroxyl groups is 3. The number of nitrogens with zero attached hydrogens (tertiary/aromatic N) is 2. The number of aryl methyl sites for hydroxylation is 1. The molecule has 0 amide bonds. The molecule has 7 nitrogen and oxygen atoms in total. The average molecular weight is 354 g/mol. The number of hydrogen-bond donors (Lipinski definition) is 3. The second-order valence-electron chi connectivity index (χ2n) is 6.18. The van der Waals surface area contributed by atoms with E-state index in [4.69, 9.17) is 0 Å². The maximum Gasteiger partial charge on any atom is 0.305 e. The third-order valence-corrected chi connectivity index (χ3v) is 4.22. The summed E-state index contributed by atoms with van der Waals surface area (Å²) in [5, 5.41) is 30.3. The van der Waals surface area contributed by atoms with Crippen LogP contribution in [0.5, 0.6) is 0 Å². The Morgan fingerprint density at radius 1 is 1.32 bits per heavy atom. The highest BCUT2D eigenvalue weighted by atomic mass is 16.5. The van der Waals surface area contributed by atoms with E-state index in [0.717, 1.165) is 12.2 Å². The minimum absolute atomic E-state index is 0.205. The van der Waals surface area contributed by atoms with Crippen molar-refractivity contribution in [2.75, 3.05) is 7.11 Å². The number of hydrogen-bond acceptors (Lipinski definition) is 6. The van der Waals surface area contributed by atoms with Crippen LogP contribution >= 0.6 is 0 Å². The maximum absolute atomic E-state index is 11.0. The van der Waals surface area contributed by atoms with Gasteiger partial charge >= 0.3 is 5.97 Å². The third kappa shape index (κ3) is 6.26. The highest BCUT2D eigenvalue weighted by Gasteiger charge is 2.19. The first-order valence-corrected chi connectivity index (χ1v) is 8.64. The van der Waals surface area contributed by atoms with E-state index in [2.05, 4.69) is 9.72 Å². The zero-order valence-electron chi connectivity index (χ0n) is 15.5. The summed E-state index contributed by atoms with van der Waals surface area (Å²) in [6, 6.07) is 0. The van der Waals surface area contributed by atoms with Gasteiger partial charge in [-0.3, -0.25) is 4.79 Å². The lowest BCUT2D eigenvalue weighted by atomic mass is 10.1. The molecule has 2 unspecified atom stereocenters. The molecule has 0 bridgehead atoms. The van der Waals surface area contributed by atoms with Crippen molar-refractivity contribution in [2.24, 2.45) is 7.05 Å². The van der Waals surface area contributed by atoms with E-state index < -0.39 is 18.3 Å². The average Bonchev–Trinajstić information content (AvgIpc) is 2.86. The topological polar surface area (TPSA) is 105 Å². The van der Waals surface area contributed by atoms with Crippen molar-refractivity contribution in [1.29, 1.82) is 0 Å². The Hall–Kier alpha value is -1.70. The summed E-state index contributed by atoms with van der Waals surface area (Å²) in [4.78, 5) is 15.5. The number of esters is 1. The van der Waals surface area contributed by atoms with Crippen LogP contribution in [0.2, 0.25) is 0 Å². The zero-order chi connectivity index (χ0) is 19.0. The van der Waals surface area contributed by atoms with Crippen LogP contribution in [0, 0.1) is 6.92 Å². The molecule has 0 aromatic carbocycles. The molecule has 3 N–H and O–H groups in total. The molecular formula is C18H30N2O5. The molecule has 1 aromatic heterocycles. The number of carbonyl (C=O) groups excluding carboxylic acids is 1. The lowest BCUT2D eigenvalue weighted by molar-refractivity contribution is -0.140. The first kappa shape index (κ1) is 21.3. The Morgan fingerprint density at radius 2 is 2.00 bits per heavy atom. The monoisotopic (exact) mass is 354 g/mol. The first-order chi connectivity index (χ1) is 11.8. The number of rotatable bonds is 10. The van der Waals surface area contributed by atoms with Crippen LogP contribution in [-0.2, 0) is 16.6 Å². The molecule has 0 aliphatic heterocycles. The Bertz CT molecular complexity index is 582. The van der Waals surface area contributed by atoms with Crippen molar-refractivity contribution in [3.63, 3.8) is 0 Å². The van der Waals surface area contributed by atoms with Crippen LogP contribution in [0.15, 0.2) is 6.08 Å². The molecule has 25 heavy (non-hydrogen) atoms. The minimum Gasteiger partial charge on any atom is -0.469 e. The van der Waals surface area contributed by atoms with Gasteiger partial charge < -0.3 is 24.6 Å². The molecule has 0 spiro atoms. The van der Waals surface area contributed by atoms with E-state index in [1.807, 2.05) is 25.5 Å². The SMILES string of the molecule is CCC[C@@H](O)c1c(/C=C/C(O)C(O)CCCC(=O)OC)nc(C)n1C. The van der Waals surface area contributed by atoms with Gasteiger partial charge in [-0.25, -0.2) is 4.98 Å². The third-order valence-electron chi connectivity index (χ3n) is 4.22. The van der Waals surface area contributed by atoms with E-state index in [1.54, 1.807) is 6.08 Å². The fraction of sp³-hybridized carbons (Fsp3) is 0.667. The molecule has 0 saturated heterocycles. The molecule has 142 valence electrons. The summed E-state index contributed by atoms with van der Waals surface area (Å²) >= 11 is 0. The highest BCUT2D eigenvalue weighted by Crippen LogP contribution is 2.24. The van der Waals surface area contributed by atoms with Gasteiger partial charge in [-0.15, -0.1) is 0 Å². The Balaban J connectivity index is 2.73. The normalized spacial score (nSPS) is 15.3. The van der Waals surface area contributed by atoms with Crippen molar-refractivity contribution in [3.05, 3.63) is 23.3 Å². The van der Waals surface area contributed by atoms with Crippen LogP contribution in [0.25, 0.3) is 6.08 Å². The number of aliphatic hydroxyl groups excluding tert-OH is 3. The molecule has 0 radical (unpaired) electrons. The fourth-order valence-corrected chi connectivity index (χ4v) is 2.63. The van der Waals surface area contributed by atoms with Gasteiger partial charge in [-0.2, -0.15) is 0 Å². The fourth-order valence-electron chi connectivity index (χ4n) is 2.63. The molecule has 0 fully saturated rings. The minimum atomic E-state index is -1.07. The van der Waals surface area contributed by atoms with Gasteiger partial charge in [0.05, 0.1) is 36.8 Å². The summed E-state index contributed by atoms with van der Waals surface area (Å²) in [6.45, 7) is 3.84. The summed E-state index contributed by atoms with van der Waals surface area (Å²) in [5.41, 5.74) is 1.28. The van der Waals surface area contributed by atoms with Gasteiger partial charge in [0.1, 0.15) is 5.82 Å². The summed E-state index contributed by atoms with van der Waals surface area (Å²) in [7, 11) is 3.15. The van der Waals surface area contributed by atoms with Crippen molar-refractivity contribution in [3.8, 4) is 0 Å². The lowest BCUT2D eigenvalue weighted by Gasteiger charge is -2.14. The van der Waals surface area contributed by atoms with Gasteiger partial charge in [-0.1, -0.05) is 19.4 Å². The quantitative estimate of drug-likeness (QED) is 0.552. The smallest absolute Gasteiger partial charge is 0.305 e. The summed E-state index contributed by atoms with van der Waals surface area (Å²) < 4.78 is 6.37. The second-order valence-corrected chi connectivity index (χ2v) is 6.18. The van der Waals surface area contributed by atoms with E-state index in [0.29, 0.717) is 24.2 Å². The van der Waals surface area contributed by atoms with Gasteiger partial charge in [-0.05, 0) is 32.3 Å². The zero-order valence-corrected chi connectivity index (χ0v) is 15.5. The molecule has 0 aliphatic carbocycles. The lowest BCUT2D eigenvalue weighted by Crippen LogP contribution is -2.23. The molecular weight excluding hydrogens is 324 g/mol. The Labute approximate surface area is 149 Å². The maximum atomic E-state index is 11.0.